The quantitative estimate of drug-likeness (QED) is 0.268. The van der Waals surface area contributed by atoms with Gasteiger partial charge < -0.3 is 15.2 Å². The lowest BCUT2D eigenvalue weighted by atomic mass is 10.1. The van der Waals surface area contributed by atoms with Crippen LogP contribution >= 0.6 is 24.0 Å². The maximum Gasteiger partial charge on any atom is 0.251 e. The summed E-state index contributed by atoms with van der Waals surface area (Å²) in [5.41, 5.74) is 0. The molecule has 1 aromatic rings. The molecule has 7 nitrogen and oxygen atoms in total. The summed E-state index contributed by atoms with van der Waals surface area (Å²) in [6.45, 7) is 7.78. The smallest absolute Gasteiger partial charge is 0.251 e. The minimum Gasteiger partial charge on any atom is -0.354 e. The Morgan fingerprint density at radius 1 is 1.38 bits per heavy atom. The van der Waals surface area contributed by atoms with Gasteiger partial charge in [-0.3, -0.25) is 4.90 Å². The van der Waals surface area contributed by atoms with Gasteiger partial charge in [0, 0.05) is 32.7 Å². The molecule has 0 atom stereocenters. The first-order chi connectivity index (χ1) is 12.0. The van der Waals surface area contributed by atoms with Gasteiger partial charge in [0.25, 0.3) is 6.43 Å². The minimum absolute atomic E-state index is 0. The fourth-order valence-corrected chi connectivity index (χ4v) is 2.71. The summed E-state index contributed by atoms with van der Waals surface area (Å²) in [6.07, 6.45) is 1.11. The van der Waals surface area contributed by atoms with E-state index in [1.807, 2.05) is 18.5 Å². The highest BCUT2D eigenvalue weighted by Gasteiger charge is 2.22. The molecule has 1 aromatic heterocycles. The molecule has 1 saturated heterocycles. The molecule has 1 aliphatic heterocycles. The molecule has 0 spiro atoms. The van der Waals surface area contributed by atoms with Gasteiger partial charge in [-0.05, 0) is 19.8 Å². The minimum atomic E-state index is -2.27. The van der Waals surface area contributed by atoms with Crippen molar-refractivity contribution >= 4 is 29.9 Å². The van der Waals surface area contributed by atoms with Gasteiger partial charge in [-0.1, -0.05) is 6.08 Å². The van der Waals surface area contributed by atoms with Gasteiger partial charge in [0.1, 0.15) is 12.4 Å². The van der Waals surface area contributed by atoms with E-state index in [0.29, 0.717) is 32.1 Å². The third kappa shape index (κ3) is 7.14. The molecule has 0 saturated carbocycles. The number of aryl methyl sites for hydroxylation is 1. The van der Waals surface area contributed by atoms with E-state index in [1.54, 1.807) is 11.0 Å². The number of guanidine groups is 1. The van der Waals surface area contributed by atoms with Gasteiger partial charge in [0.15, 0.2) is 11.8 Å². The van der Waals surface area contributed by atoms with Crippen molar-refractivity contribution in [3.05, 3.63) is 24.3 Å². The number of hydrogen-bond acceptors (Lipinski definition) is 4. The second kappa shape index (κ2) is 11.4. The van der Waals surface area contributed by atoms with Crippen LogP contribution in [0.2, 0.25) is 0 Å². The number of alkyl halides is 2. The third-order valence-corrected chi connectivity index (χ3v) is 4.30. The summed E-state index contributed by atoms with van der Waals surface area (Å²) in [4.78, 5) is 6.36. The number of nitrogens with one attached hydrogen (secondary N) is 2. The van der Waals surface area contributed by atoms with E-state index in [0.717, 1.165) is 24.5 Å². The van der Waals surface area contributed by atoms with Gasteiger partial charge in [-0.25, -0.2) is 13.8 Å². The van der Waals surface area contributed by atoms with E-state index in [1.165, 1.54) is 0 Å². The average Bonchev–Trinajstić information content (AvgIpc) is 2.90. The first-order valence-electron chi connectivity index (χ1n) is 8.50. The van der Waals surface area contributed by atoms with E-state index in [2.05, 4.69) is 32.4 Å². The largest absolute Gasteiger partial charge is 0.354 e. The predicted octanol–water partition coefficient (Wildman–Crippen LogP) is 1.69. The number of nitrogens with zero attached hydrogens (tertiary/aromatic N) is 5. The van der Waals surface area contributed by atoms with Gasteiger partial charge in [-0.15, -0.1) is 40.8 Å². The van der Waals surface area contributed by atoms with Crippen molar-refractivity contribution in [3.63, 3.8) is 0 Å². The first-order valence-corrected chi connectivity index (χ1v) is 8.50. The topological polar surface area (TPSA) is 70.4 Å². The van der Waals surface area contributed by atoms with Crippen LogP contribution in [0, 0.1) is 6.92 Å². The van der Waals surface area contributed by atoms with Crippen molar-refractivity contribution in [1.82, 2.24) is 30.3 Å². The van der Waals surface area contributed by atoms with Crippen LogP contribution in [0.15, 0.2) is 17.6 Å². The predicted molar refractivity (Wildman–Crippen MR) is 109 cm³/mol. The zero-order valence-electron chi connectivity index (χ0n) is 15.3. The second-order valence-corrected chi connectivity index (χ2v) is 6.17. The number of aromatic nitrogens is 3. The Kier molecular flexibility index (Phi) is 9.99. The Morgan fingerprint density at radius 2 is 2.08 bits per heavy atom. The monoisotopic (exact) mass is 483 g/mol. The standard InChI is InChI=1S/C16H27F2N7.HI/c1-4-7-19-16(20-10-15-23-22-12(2)24(15)3)21-13-5-8-25(9-6-13)11-14(17)18;/h4,13-14H,1,5-11H2,2-3H3,(H2,19,20,21);1H. The molecule has 148 valence electrons. The van der Waals surface area contributed by atoms with E-state index < -0.39 is 6.43 Å². The van der Waals surface area contributed by atoms with Crippen LogP contribution in [-0.2, 0) is 13.6 Å². The number of likely N-dealkylation sites (tertiary alicyclic amines) is 1. The van der Waals surface area contributed by atoms with Gasteiger partial charge in [0.2, 0.25) is 0 Å². The maximum atomic E-state index is 12.5. The molecule has 0 unspecified atom stereocenters. The van der Waals surface area contributed by atoms with Crippen molar-refractivity contribution in [2.45, 2.75) is 38.8 Å². The van der Waals surface area contributed by atoms with Crippen LogP contribution < -0.4 is 10.6 Å². The Hall–Kier alpha value is -1.30. The van der Waals surface area contributed by atoms with Crippen LogP contribution in [0.3, 0.4) is 0 Å². The molecule has 0 aliphatic carbocycles. The van der Waals surface area contributed by atoms with Crippen molar-refractivity contribution in [3.8, 4) is 0 Å². The molecule has 2 heterocycles. The molecule has 0 amide bonds. The summed E-state index contributed by atoms with van der Waals surface area (Å²) < 4.78 is 26.8. The zero-order valence-corrected chi connectivity index (χ0v) is 17.6. The number of hydrogen-bond donors (Lipinski definition) is 2. The summed E-state index contributed by atoms with van der Waals surface area (Å²) >= 11 is 0. The molecule has 1 fully saturated rings. The number of aliphatic imine (C=N–C) groups is 1. The Balaban J connectivity index is 0.00000338. The number of halogens is 3. The fraction of sp³-hybridized carbons (Fsp3) is 0.688. The first kappa shape index (κ1) is 22.7. The number of rotatable bonds is 7. The molecule has 0 bridgehead atoms. The summed E-state index contributed by atoms with van der Waals surface area (Å²) in [5.74, 6) is 2.29. The molecule has 2 rings (SSSR count). The van der Waals surface area contributed by atoms with Crippen LogP contribution in [0.1, 0.15) is 24.5 Å². The van der Waals surface area contributed by atoms with Crippen molar-refractivity contribution in [2.24, 2.45) is 12.0 Å². The van der Waals surface area contributed by atoms with E-state index in [9.17, 15) is 8.78 Å². The molecule has 0 aromatic carbocycles. The molecule has 10 heteroatoms. The summed E-state index contributed by atoms with van der Waals surface area (Å²) in [7, 11) is 1.91. The lowest BCUT2D eigenvalue weighted by Gasteiger charge is -2.32. The highest BCUT2D eigenvalue weighted by Crippen LogP contribution is 2.12. The maximum absolute atomic E-state index is 12.5. The molecule has 1 aliphatic rings. The van der Waals surface area contributed by atoms with Crippen LogP contribution in [0.25, 0.3) is 0 Å². The van der Waals surface area contributed by atoms with Crippen LogP contribution in [0.5, 0.6) is 0 Å². The second-order valence-electron chi connectivity index (χ2n) is 6.17. The SMILES string of the molecule is C=CCNC(=NCc1nnc(C)n1C)NC1CCN(CC(F)F)CC1.I. The average molecular weight is 483 g/mol. The molecular weight excluding hydrogens is 455 g/mol. The van der Waals surface area contributed by atoms with Gasteiger partial charge in [-0.2, -0.15) is 0 Å². The number of piperidine rings is 1. The Morgan fingerprint density at radius 3 is 2.62 bits per heavy atom. The highest BCUT2D eigenvalue weighted by molar-refractivity contribution is 14.0. The zero-order chi connectivity index (χ0) is 18.2. The Labute approximate surface area is 170 Å². The lowest BCUT2D eigenvalue weighted by molar-refractivity contribution is 0.0744. The van der Waals surface area contributed by atoms with E-state index >= 15 is 0 Å². The molecular formula is C16H28F2IN7. The summed E-state index contributed by atoms with van der Waals surface area (Å²) in [6, 6.07) is 0.214. The third-order valence-electron chi connectivity index (χ3n) is 4.30. The normalized spacial score (nSPS) is 16.4. The van der Waals surface area contributed by atoms with Crippen molar-refractivity contribution in [1.29, 1.82) is 0 Å². The van der Waals surface area contributed by atoms with Gasteiger partial charge in [0.05, 0.1) is 6.54 Å². The van der Waals surface area contributed by atoms with Gasteiger partial charge >= 0.3 is 0 Å². The lowest BCUT2D eigenvalue weighted by Crippen LogP contribution is -2.49. The van der Waals surface area contributed by atoms with Crippen molar-refractivity contribution in [2.75, 3.05) is 26.2 Å². The van der Waals surface area contributed by atoms with E-state index in [4.69, 9.17) is 0 Å². The van der Waals surface area contributed by atoms with Crippen molar-refractivity contribution < 1.29 is 8.78 Å². The summed E-state index contributed by atoms with van der Waals surface area (Å²) in [5, 5.41) is 14.7. The fourth-order valence-electron chi connectivity index (χ4n) is 2.71. The van der Waals surface area contributed by atoms with Crippen LogP contribution in [-0.4, -0.2) is 64.3 Å². The molecule has 26 heavy (non-hydrogen) atoms. The van der Waals surface area contributed by atoms with Crippen LogP contribution in [0.4, 0.5) is 8.78 Å². The molecule has 2 N–H and O–H groups in total. The van der Waals surface area contributed by atoms with E-state index in [-0.39, 0.29) is 36.6 Å². The Bertz CT molecular complexity index is 583. The molecule has 0 radical (unpaired) electrons. The highest BCUT2D eigenvalue weighted by atomic mass is 127.